The maximum Gasteiger partial charge on any atom is 0.315 e. The predicted molar refractivity (Wildman–Crippen MR) is 138 cm³/mol. The lowest BCUT2D eigenvalue weighted by Gasteiger charge is -2.51. The van der Waals surface area contributed by atoms with Gasteiger partial charge in [-0.05, 0) is 87.0 Å². The molecule has 2 N–H and O–H groups in total. The maximum atomic E-state index is 12.4. The molecule has 1 aliphatic rings. The van der Waals surface area contributed by atoms with E-state index in [1.807, 2.05) is 36.4 Å². The lowest BCUT2D eigenvalue weighted by molar-refractivity contribution is 0.0175. The molecule has 2 aromatic carbocycles. The number of rotatable bonds is 11. The Balaban J connectivity index is 1.74. The normalized spacial score (nSPS) is 22.1. The molecule has 0 heterocycles. The van der Waals surface area contributed by atoms with E-state index in [9.17, 15) is 4.79 Å². The third kappa shape index (κ3) is 6.27. The largest absolute Gasteiger partial charge is 0.497 e. The first-order valence-electron chi connectivity index (χ1n) is 12.3. The van der Waals surface area contributed by atoms with Crippen molar-refractivity contribution in [1.29, 1.82) is 0 Å². The Morgan fingerprint density at radius 1 is 0.943 bits per heavy atom. The summed E-state index contributed by atoms with van der Waals surface area (Å²) < 4.78 is 15.8. The number of ether oxygens (including phenoxy) is 3. The van der Waals surface area contributed by atoms with Crippen LogP contribution >= 0.6 is 0 Å². The van der Waals surface area contributed by atoms with Gasteiger partial charge in [-0.25, -0.2) is 4.79 Å². The summed E-state index contributed by atoms with van der Waals surface area (Å²) in [7, 11) is 7.59. The number of methoxy groups -OCH3 is 2. The third-order valence-corrected chi connectivity index (χ3v) is 7.85. The van der Waals surface area contributed by atoms with Crippen molar-refractivity contribution in [2.45, 2.75) is 51.1 Å². The monoisotopic (exact) mass is 483 g/mol. The average Bonchev–Trinajstić information content (AvgIpc) is 2.88. The van der Waals surface area contributed by atoms with Gasteiger partial charge in [-0.15, -0.1) is 0 Å². The fourth-order valence-electron chi connectivity index (χ4n) is 5.37. The van der Waals surface area contributed by atoms with Crippen LogP contribution in [0, 0.1) is 5.41 Å². The van der Waals surface area contributed by atoms with Gasteiger partial charge in [-0.2, -0.15) is 0 Å². The molecule has 192 valence electrons. The lowest BCUT2D eigenvalue weighted by Crippen LogP contribution is -2.50. The molecule has 0 radical (unpaired) electrons. The average molecular weight is 484 g/mol. The van der Waals surface area contributed by atoms with Crippen LogP contribution in [-0.2, 0) is 16.8 Å². The molecule has 0 saturated heterocycles. The summed E-state index contributed by atoms with van der Waals surface area (Å²) in [6.07, 6.45) is 5.08. The van der Waals surface area contributed by atoms with Gasteiger partial charge in [0.1, 0.15) is 11.5 Å². The Kier molecular flexibility index (Phi) is 9.03. The minimum Gasteiger partial charge on any atom is -0.497 e. The van der Waals surface area contributed by atoms with Crippen LogP contribution in [0.15, 0.2) is 48.5 Å². The summed E-state index contributed by atoms with van der Waals surface area (Å²) in [6.45, 7) is 3.64. The molecule has 0 aliphatic heterocycles. The van der Waals surface area contributed by atoms with Crippen molar-refractivity contribution in [3.63, 3.8) is 0 Å². The van der Waals surface area contributed by atoms with Crippen molar-refractivity contribution in [2.75, 3.05) is 41.7 Å². The fraction of sp³-hybridized carbons (Fsp3) is 0.536. The van der Waals surface area contributed by atoms with Crippen LogP contribution in [0.4, 0.5) is 4.79 Å². The molecule has 3 rings (SSSR count). The Morgan fingerprint density at radius 2 is 1.54 bits per heavy atom. The van der Waals surface area contributed by atoms with Gasteiger partial charge in [-0.1, -0.05) is 31.2 Å². The topological polar surface area (TPSA) is 77.3 Å². The zero-order valence-electron chi connectivity index (χ0n) is 21.9. The van der Waals surface area contributed by atoms with Crippen LogP contribution in [0.1, 0.15) is 50.2 Å². The Hall–Kier alpha value is -2.77. The number of carbonyl (C=O) groups excluding carboxylic acids is 1. The van der Waals surface area contributed by atoms with E-state index in [4.69, 9.17) is 19.9 Å². The van der Waals surface area contributed by atoms with Crippen molar-refractivity contribution in [2.24, 2.45) is 11.1 Å². The number of hydrogen-bond acceptors (Lipinski definition) is 5. The Bertz CT molecular complexity index is 936. The second kappa shape index (κ2) is 11.8. The predicted octanol–water partition coefficient (Wildman–Crippen LogP) is 4.99. The smallest absolute Gasteiger partial charge is 0.315 e. The first kappa shape index (κ1) is 26.8. The van der Waals surface area contributed by atoms with Gasteiger partial charge in [0, 0.05) is 25.7 Å². The number of hydrogen-bond donors (Lipinski definition) is 1. The van der Waals surface area contributed by atoms with E-state index in [1.54, 1.807) is 19.1 Å². The first-order chi connectivity index (χ1) is 16.8. The minimum absolute atomic E-state index is 0.0442. The molecule has 7 nitrogen and oxygen atoms in total. The van der Waals surface area contributed by atoms with Crippen LogP contribution in [0.5, 0.6) is 11.5 Å². The molecule has 0 spiro atoms. The lowest BCUT2D eigenvalue weighted by atomic mass is 9.63. The number of benzene rings is 2. The molecule has 0 aromatic heterocycles. The zero-order chi connectivity index (χ0) is 25.5. The van der Waals surface area contributed by atoms with Gasteiger partial charge in [0.2, 0.25) is 0 Å². The first-order valence-corrected chi connectivity index (χ1v) is 12.3. The van der Waals surface area contributed by atoms with Crippen LogP contribution in [-0.4, -0.2) is 57.5 Å². The molecular weight excluding hydrogens is 442 g/mol. The van der Waals surface area contributed by atoms with Crippen LogP contribution in [0.25, 0.3) is 0 Å². The van der Waals surface area contributed by atoms with Crippen molar-refractivity contribution < 1.29 is 19.0 Å². The van der Waals surface area contributed by atoms with Gasteiger partial charge in [0.25, 0.3) is 0 Å². The summed E-state index contributed by atoms with van der Waals surface area (Å²) in [5.74, 6) is 1.61. The van der Waals surface area contributed by atoms with Gasteiger partial charge in [0.15, 0.2) is 6.79 Å². The molecule has 7 heteroatoms. The van der Waals surface area contributed by atoms with Crippen LogP contribution < -0.4 is 15.2 Å². The highest BCUT2D eigenvalue weighted by Gasteiger charge is 2.45. The molecule has 35 heavy (non-hydrogen) atoms. The van der Waals surface area contributed by atoms with Gasteiger partial charge in [-0.3, -0.25) is 4.90 Å². The highest BCUT2D eigenvalue weighted by Crippen LogP contribution is 2.50. The van der Waals surface area contributed by atoms with Crippen molar-refractivity contribution >= 4 is 6.03 Å². The van der Waals surface area contributed by atoms with Gasteiger partial charge < -0.3 is 24.8 Å². The summed E-state index contributed by atoms with van der Waals surface area (Å²) in [5.41, 5.74) is 8.18. The molecule has 0 atom stereocenters. The van der Waals surface area contributed by atoms with E-state index in [1.165, 1.54) is 5.56 Å². The molecule has 1 aliphatic carbocycles. The molecule has 2 aromatic rings. The van der Waals surface area contributed by atoms with Crippen molar-refractivity contribution in [3.8, 4) is 11.5 Å². The zero-order valence-corrected chi connectivity index (χ0v) is 21.9. The SMILES string of the molecule is CCC1(CN(Cc2ccc(OC)cc2)C(N)=O)CCC(c2ccc(OCOC)cc2)(N(C)C)CC1. The molecule has 0 unspecified atom stereocenters. The Morgan fingerprint density at radius 3 is 2.03 bits per heavy atom. The van der Waals surface area contributed by atoms with Crippen LogP contribution in [0.2, 0.25) is 0 Å². The second-order valence-electron chi connectivity index (χ2n) is 9.90. The molecule has 1 saturated carbocycles. The quantitative estimate of drug-likeness (QED) is 0.456. The second-order valence-corrected chi connectivity index (χ2v) is 9.90. The number of primary amides is 1. The Labute approximate surface area is 210 Å². The standard InChI is InChI=1S/C28H41N3O4/c1-6-27(20-31(26(29)32)19-22-7-11-24(34-5)12-8-22)15-17-28(18-16-27,30(2)3)23-9-13-25(14-10-23)35-21-33-4/h7-14H,6,15-21H2,1-5H3,(H2,29,32). The molecular formula is C28H41N3O4. The van der Waals surface area contributed by atoms with Crippen LogP contribution in [0.3, 0.4) is 0 Å². The molecule has 0 bridgehead atoms. The number of amides is 2. The number of carbonyl (C=O) groups is 1. The van der Waals surface area contributed by atoms with E-state index in [0.29, 0.717) is 13.1 Å². The van der Waals surface area contributed by atoms with Gasteiger partial charge >= 0.3 is 6.03 Å². The summed E-state index contributed by atoms with van der Waals surface area (Å²) >= 11 is 0. The summed E-state index contributed by atoms with van der Waals surface area (Å²) in [5, 5.41) is 0. The van der Waals surface area contributed by atoms with E-state index in [-0.39, 0.29) is 23.8 Å². The highest BCUT2D eigenvalue weighted by atomic mass is 16.7. The van der Waals surface area contributed by atoms with E-state index in [2.05, 4.69) is 38.1 Å². The molecule has 1 fully saturated rings. The fourth-order valence-corrected chi connectivity index (χ4v) is 5.37. The van der Waals surface area contributed by atoms with E-state index < -0.39 is 0 Å². The summed E-state index contributed by atoms with van der Waals surface area (Å²) in [6, 6.07) is 15.8. The number of nitrogens with two attached hydrogens (primary N) is 1. The van der Waals surface area contributed by atoms with Gasteiger partial charge in [0.05, 0.1) is 7.11 Å². The number of urea groups is 1. The highest BCUT2D eigenvalue weighted by molar-refractivity contribution is 5.72. The summed E-state index contributed by atoms with van der Waals surface area (Å²) in [4.78, 5) is 16.6. The minimum atomic E-state index is -0.371. The van der Waals surface area contributed by atoms with E-state index >= 15 is 0 Å². The van der Waals surface area contributed by atoms with Crippen molar-refractivity contribution in [1.82, 2.24) is 9.80 Å². The number of nitrogens with zero attached hydrogens (tertiary/aromatic N) is 2. The molecule has 2 amide bonds. The third-order valence-electron chi connectivity index (χ3n) is 7.85. The van der Waals surface area contributed by atoms with E-state index in [0.717, 1.165) is 49.2 Å². The van der Waals surface area contributed by atoms with Crippen molar-refractivity contribution in [3.05, 3.63) is 59.7 Å². The maximum absolute atomic E-state index is 12.4.